The van der Waals surface area contributed by atoms with Gasteiger partial charge >= 0.3 is 0 Å². The zero-order valence-electron chi connectivity index (χ0n) is 18.0. The van der Waals surface area contributed by atoms with Crippen molar-refractivity contribution in [2.45, 2.75) is 115 Å². The standard InChI is InChI=1S/C23H42O5/c1-3-4-5-6-7-8-9-10-11-12-13-14-15-16-17-18-21(26)22(27)23(28,19-24)20(2)25/h10-11,22,24,27-28H,3-9,12-19H2,1-2H3/t22?,23-/m1/s1. The minimum atomic E-state index is -2.38. The maximum Gasteiger partial charge on any atom is 0.178 e. The van der Waals surface area contributed by atoms with Crippen molar-refractivity contribution in [1.29, 1.82) is 0 Å². The van der Waals surface area contributed by atoms with Crippen LogP contribution in [0.1, 0.15) is 104 Å². The van der Waals surface area contributed by atoms with Gasteiger partial charge in [-0.25, -0.2) is 0 Å². The molecular formula is C23H42O5. The van der Waals surface area contributed by atoms with E-state index < -0.39 is 29.9 Å². The SMILES string of the molecule is CCCCCCCCC=CCCCCCCCC(=O)C(O)[C@@](O)(CO)C(C)=O. The van der Waals surface area contributed by atoms with Crippen LogP contribution in [0.5, 0.6) is 0 Å². The predicted molar refractivity (Wildman–Crippen MR) is 113 cm³/mol. The summed E-state index contributed by atoms with van der Waals surface area (Å²) in [5.41, 5.74) is -2.38. The molecule has 0 bridgehead atoms. The van der Waals surface area contributed by atoms with Crippen LogP contribution in [0.3, 0.4) is 0 Å². The monoisotopic (exact) mass is 398 g/mol. The molecule has 3 N–H and O–H groups in total. The Labute approximate surface area is 171 Å². The molecule has 5 heteroatoms. The number of carbonyl (C=O) groups is 2. The van der Waals surface area contributed by atoms with Crippen molar-refractivity contribution in [3.8, 4) is 0 Å². The number of unbranched alkanes of at least 4 members (excludes halogenated alkanes) is 11. The van der Waals surface area contributed by atoms with Crippen molar-refractivity contribution in [2.75, 3.05) is 6.61 Å². The molecule has 0 fully saturated rings. The molecule has 0 aromatic rings. The van der Waals surface area contributed by atoms with Crippen LogP contribution in [0.4, 0.5) is 0 Å². The highest BCUT2D eigenvalue weighted by molar-refractivity contribution is 5.95. The molecule has 0 aromatic heterocycles. The van der Waals surface area contributed by atoms with E-state index in [2.05, 4.69) is 19.1 Å². The minimum absolute atomic E-state index is 0.106. The van der Waals surface area contributed by atoms with Crippen molar-refractivity contribution in [1.82, 2.24) is 0 Å². The van der Waals surface area contributed by atoms with E-state index in [0.717, 1.165) is 39.0 Å². The Kier molecular flexibility index (Phi) is 16.2. The summed E-state index contributed by atoms with van der Waals surface area (Å²) in [4.78, 5) is 23.2. The molecule has 0 amide bonds. The molecule has 0 rings (SSSR count). The second-order valence-electron chi connectivity index (χ2n) is 7.84. The number of aliphatic hydroxyl groups excluding tert-OH is 2. The molecule has 0 aliphatic rings. The van der Waals surface area contributed by atoms with E-state index >= 15 is 0 Å². The molecule has 0 saturated carbocycles. The Morgan fingerprint density at radius 3 is 1.79 bits per heavy atom. The Balaban J connectivity index is 3.63. The highest BCUT2D eigenvalue weighted by Gasteiger charge is 2.43. The van der Waals surface area contributed by atoms with Gasteiger partial charge in [0.05, 0.1) is 6.61 Å². The summed E-state index contributed by atoms with van der Waals surface area (Å²) < 4.78 is 0. The van der Waals surface area contributed by atoms with Crippen LogP contribution in [-0.2, 0) is 9.59 Å². The van der Waals surface area contributed by atoms with E-state index in [9.17, 15) is 19.8 Å². The largest absolute Gasteiger partial charge is 0.393 e. The summed E-state index contributed by atoms with van der Waals surface area (Å²) in [7, 11) is 0. The van der Waals surface area contributed by atoms with Gasteiger partial charge in [-0.3, -0.25) is 9.59 Å². The molecule has 0 saturated heterocycles. The van der Waals surface area contributed by atoms with Crippen molar-refractivity contribution in [2.24, 2.45) is 0 Å². The van der Waals surface area contributed by atoms with Gasteiger partial charge in [-0.1, -0.05) is 70.4 Å². The molecule has 5 nitrogen and oxygen atoms in total. The highest BCUT2D eigenvalue weighted by Crippen LogP contribution is 2.16. The first-order chi connectivity index (χ1) is 13.4. The van der Waals surface area contributed by atoms with Crippen LogP contribution in [0.15, 0.2) is 12.2 Å². The molecule has 0 heterocycles. The quantitative estimate of drug-likeness (QED) is 0.223. The van der Waals surface area contributed by atoms with Crippen molar-refractivity contribution < 1.29 is 24.9 Å². The van der Waals surface area contributed by atoms with Gasteiger partial charge in [-0.2, -0.15) is 0 Å². The molecule has 0 aromatic carbocycles. The van der Waals surface area contributed by atoms with E-state index in [1.165, 1.54) is 44.9 Å². The van der Waals surface area contributed by atoms with Crippen LogP contribution in [-0.4, -0.2) is 45.2 Å². The lowest BCUT2D eigenvalue weighted by molar-refractivity contribution is -0.164. The van der Waals surface area contributed by atoms with Crippen LogP contribution in [0, 0.1) is 0 Å². The Morgan fingerprint density at radius 2 is 1.32 bits per heavy atom. The van der Waals surface area contributed by atoms with Crippen LogP contribution < -0.4 is 0 Å². The average molecular weight is 399 g/mol. The Morgan fingerprint density at radius 1 is 0.857 bits per heavy atom. The van der Waals surface area contributed by atoms with Crippen LogP contribution >= 0.6 is 0 Å². The topological polar surface area (TPSA) is 94.8 Å². The van der Waals surface area contributed by atoms with Gasteiger partial charge in [0.25, 0.3) is 0 Å². The molecule has 2 atom stereocenters. The third-order valence-electron chi connectivity index (χ3n) is 5.29. The fraction of sp³-hybridized carbons (Fsp3) is 0.826. The Bertz CT molecular complexity index is 446. The third-order valence-corrected chi connectivity index (χ3v) is 5.29. The number of hydrogen-bond acceptors (Lipinski definition) is 5. The number of ketones is 2. The number of aliphatic hydroxyl groups is 3. The molecule has 164 valence electrons. The summed E-state index contributed by atoms with van der Waals surface area (Å²) >= 11 is 0. The molecular weight excluding hydrogens is 356 g/mol. The first kappa shape index (κ1) is 27.0. The summed E-state index contributed by atoms with van der Waals surface area (Å²) in [5.74, 6) is -1.40. The van der Waals surface area contributed by atoms with Crippen molar-refractivity contribution in [3.05, 3.63) is 12.2 Å². The Hall–Kier alpha value is -1.04. The van der Waals surface area contributed by atoms with E-state index in [0.29, 0.717) is 6.42 Å². The summed E-state index contributed by atoms with van der Waals surface area (Å²) in [5, 5.41) is 28.8. The first-order valence-corrected chi connectivity index (χ1v) is 11.1. The number of hydrogen-bond donors (Lipinski definition) is 3. The lowest BCUT2D eigenvalue weighted by Gasteiger charge is -2.27. The summed E-state index contributed by atoms with van der Waals surface area (Å²) in [6.07, 6.45) is 17.8. The van der Waals surface area contributed by atoms with Gasteiger partial charge in [0.15, 0.2) is 23.3 Å². The molecule has 0 spiro atoms. The second-order valence-corrected chi connectivity index (χ2v) is 7.84. The molecule has 0 aliphatic carbocycles. The molecule has 0 aliphatic heterocycles. The second kappa shape index (κ2) is 16.9. The number of carbonyl (C=O) groups excluding carboxylic acids is 2. The van der Waals surface area contributed by atoms with Crippen LogP contribution in [0.2, 0.25) is 0 Å². The van der Waals surface area contributed by atoms with Gasteiger partial charge in [-0.05, 0) is 39.0 Å². The zero-order chi connectivity index (χ0) is 21.3. The maximum absolute atomic E-state index is 11.9. The van der Waals surface area contributed by atoms with Gasteiger partial charge in [0.1, 0.15) is 0 Å². The highest BCUT2D eigenvalue weighted by atomic mass is 16.4. The van der Waals surface area contributed by atoms with E-state index in [4.69, 9.17) is 5.11 Å². The maximum atomic E-state index is 11.9. The van der Waals surface area contributed by atoms with Gasteiger partial charge in [-0.15, -0.1) is 0 Å². The minimum Gasteiger partial charge on any atom is -0.393 e. The van der Waals surface area contributed by atoms with Gasteiger partial charge in [0, 0.05) is 6.42 Å². The summed E-state index contributed by atoms with van der Waals surface area (Å²) in [6, 6.07) is 0. The zero-order valence-corrected chi connectivity index (χ0v) is 18.0. The number of Topliss-reactive ketones (excluding diaryl/α,β-unsaturated/α-hetero) is 2. The molecule has 1 unspecified atom stereocenters. The van der Waals surface area contributed by atoms with E-state index in [1.807, 2.05) is 0 Å². The number of allylic oxidation sites excluding steroid dienone is 2. The fourth-order valence-corrected chi connectivity index (χ4v) is 3.16. The van der Waals surface area contributed by atoms with Crippen molar-refractivity contribution in [3.63, 3.8) is 0 Å². The average Bonchev–Trinajstić information content (AvgIpc) is 2.69. The first-order valence-electron chi connectivity index (χ1n) is 11.1. The normalized spacial score (nSPS) is 14.9. The van der Waals surface area contributed by atoms with Crippen molar-refractivity contribution >= 4 is 11.6 Å². The van der Waals surface area contributed by atoms with Gasteiger partial charge < -0.3 is 15.3 Å². The van der Waals surface area contributed by atoms with E-state index in [-0.39, 0.29) is 6.42 Å². The van der Waals surface area contributed by atoms with Crippen LogP contribution in [0.25, 0.3) is 0 Å². The lowest BCUT2D eigenvalue weighted by Crippen LogP contribution is -2.55. The van der Waals surface area contributed by atoms with Gasteiger partial charge in [0.2, 0.25) is 0 Å². The smallest absolute Gasteiger partial charge is 0.178 e. The molecule has 0 radical (unpaired) electrons. The predicted octanol–water partition coefficient (Wildman–Crippen LogP) is 4.27. The fourth-order valence-electron chi connectivity index (χ4n) is 3.16. The lowest BCUT2D eigenvalue weighted by atomic mass is 9.89. The molecule has 28 heavy (non-hydrogen) atoms. The summed E-state index contributed by atoms with van der Waals surface area (Å²) in [6.45, 7) is 2.33. The number of rotatable bonds is 19. The third kappa shape index (κ3) is 11.7. The van der Waals surface area contributed by atoms with E-state index in [1.54, 1.807) is 0 Å².